The van der Waals surface area contributed by atoms with Gasteiger partial charge in [-0.15, -0.1) is 0 Å². The van der Waals surface area contributed by atoms with E-state index in [0.29, 0.717) is 0 Å². The number of ether oxygens (including phenoxy) is 1. The van der Waals surface area contributed by atoms with Crippen molar-refractivity contribution in [2.45, 2.75) is 0 Å². The average molecular weight is 264 g/mol. The van der Waals surface area contributed by atoms with Crippen molar-refractivity contribution in [1.29, 1.82) is 0 Å². The summed E-state index contributed by atoms with van der Waals surface area (Å²) < 4.78 is 6.17. The Morgan fingerprint density at radius 2 is 2.27 bits per heavy atom. The van der Waals surface area contributed by atoms with Gasteiger partial charge in [-0.3, -0.25) is 5.84 Å². The number of nitrogens with two attached hydrogens (primary N) is 1. The number of benzene rings is 1. The Bertz CT molecular complexity index is 252. The molecule has 0 aliphatic rings. The van der Waals surface area contributed by atoms with Crippen LogP contribution in [-0.4, -0.2) is 7.11 Å². The Balaban J connectivity index is 3.06. The molecule has 4 heteroatoms. The lowest BCUT2D eigenvalue weighted by molar-refractivity contribution is 0.416. The van der Waals surface area contributed by atoms with Crippen molar-refractivity contribution < 1.29 is 4.74 Å². The summed E-state index contributed by atoms with van der Waals surface area (Å²) in [5.41, 5.74) is 3.36. The largest absolute Gasteiger partial charge is 0.495 e. The number of anilines is 1. The maximum atomic E-state index is 5.26. The quantitative estimate of drug-likeness (QED) is 0.484. The first-order valence-electron chi connectivity index (χ1n) is 3.08. The molecule has 0 aliphatic heterocycles. The van der Waals surface area contributed by atoms with Crippen LogP contribution in [0.5, 0.6) is 5.75 Å². The van der Waals surface area contributed by atoms with E-state index in [1.807, 2.05) is 18.2 Å². The third-order valence-corrected chi connectivity index (χ3v) is 1.99. The van der Waals surface area contributed by atoms with E-state index in [1.165, 1.54) is 0 Å². The van der Waals surface area contributed by atoms with Crippen LogP contribution in [0.15, 0.2) is 18.2 Å². The van der Waals surface area contributed by atoms with Gasteiger partial charge in [-0.05, 0) is 40.8 Å². The van der Waals surface area contributed by atoms with Gasteiger partial charge in [0.15, 0.2) is 0 Å². The third kappa shape index (κ3) is 1.97. The minimum atomic E-state index is 0.757. The van der Waals surface area contributed by atoms with Crippen molar-refractivity contribution in [3.05, 3.63) is 21.8 Å². The second-order valence-electron chi connectivity index (χ2n) is 1.99. The maximum absolute atomic E-state index is 5.26. The topological polar surface area (TPSA) is 47.3 Å². The lowest BCUT2D eigenvalue weighted by atomic mass is 10.3. The predicted molar refractivity (Wildman–Crippen MR) is 53.5 cm³/mol. The fraction of sp³-hybridized carbons (Fsp3) is 0.143. The number of hydrazine groups is 1. The molecular weight excluding hydrogens is 255 g/mol. The molecule has 0 spiro atoms. The number of nitrogens with one attached hydrogen (secondary N) is 1. The highest BCUT2D eigenvalue weighted by atomic mass is 127. The van der Waals surface area contributed by atoms with Crippen LogP contribution in [0.1, 0.15) is 0 Å². The summed E-state index contributed by atoms with van der Waals surface area (Å²) in [5.74, 6) is 6.02. The molecule has 1 aromatic rings. The van der Waals surface area contributed by atoms with Gasteiger partial charge in [-0.1, -0.05) is 0 Å². The molecule has 0 atom stereocenters. The Labute approximate surface area is 79.0 Å². The van der Waals surface area contributed by atoms with Gasteiger partial charge >= 0.3 is 0 Å². The first kappa shape index (κ1) is 8.61. The number of nitrogen functional groups attached to an aromatic ring is 1. The van der Waals surface area contributed by atoms with E-state index in [4.69, 9.17) is 10.6 Å². The van der Waals surface area contributed by atoms with Crippen molar-refractivity contribution in [1.82, 2.24) is 0 Å². The minimum Gasteiger partial charge on any atom is -0.495 e. The normalized spacial score (nSPS) is 9.36. The first-order chi connectivity index (χ1) is 5.27. The highest BCUT2D eigenvalue weighted by Crippen LogP contribution is 2.24. The minimum absolute atomic E-state index is 0.757. The molecule has 0 aromatic heterocycles. The van der Waals surface area contributed by atoms with Crippen LogP contribution in [0.25, 0.3) is 0 Å². The summed E-state index contributed by atoms with van der Waals surface area (Å²) in [4.78, 5) is 0. The van der Waals surface area contributed by atoms with Crippen molar-refractivity contribution in [2.24, 2.45) is 5.84 Å². The van der Waals surface area contributed by atoms with Crippen LogP contribution in [-0.2, 0) is 0 Å². The molecule has 0 heterocycles. The zero-order valence-corrected chi connectivity index (χ0v) is 8.25. The van der Waals surface area contributed by atoms with Crippen LogP contribution in [0.2, 0.25) is 0 Å². The standard InChI is InChI=1S/C7H9IN2O/c1-11-7-3-2-5(8)4-6(7)10-9/h2-4,10H,9H2,1H3. The Morgan fingerprint density at radius 1 is 1.55 bits per heavy atom. The molecule has 3 nitrogen and oxygen atoms in total. The average Bonchev–Trinajstić information content (AvgIpc) is 2.04. The number of hydrogen-bond acceptors (Lipinski definition) is 3. The van der Waals surface area contributed by atoms with Crippen molar-refractivity contribution >= 4 is 28.3 Å². The summed E-state index contributed by atoms with van der Waals surface area (Å²) in [7, 11) is 1.61. The molecule has 60 valence electrons. The second kappa shape index (κ2) is 3.77. The van der Waals surface area contributed by atoms with Crippen molar-refractivity contribution in [3.63, 3.8) is 0 Å². The number of rotatable bonds is 2. The highest BCUT2D eigenvalue weighted by molar-refractivity contribution is 14.1. The zero-order valence-electron chi connectivity index (χ0n) is 6.10. The van der Waals surface area contributed by atoms with Gasteiger partial charge in [-0.2, -0.15) is 0 Å². The van der Waals surface area contributed by atoms with Crippen LogP contribution in [0.3, 0.4) is 0 Å². The smallest absolute Gasteiger partial charge is 0.143 e. The van der Waals surface area contributed by atoms with Crippen molar-refractivity contribution in [3.8, 4) is 5.75 Å². The Kier molecular flexibility index (Phi) is 2.95. The molecule has 11 heavy (non-hydrogen) atoms. The lowest BCUT2D eigenvalue weighted by Gasteiger charge is -2.06. The molecule has 0 radical (unpaired) electrons. The van der Waals surface area contributed by atoms with Gasteiger partial charge in [0.1, 0.15) is 5.75 Å². The SMILES string of the molecule is COc1ccc(I)cc1NN. The Hall–Kier alpha value is -0.490. The summed E-state index contributed by atoms with van der Waals surface area (Å²) in [6.07, 6.45) is 0. The van der Waals surface area contributed by atoms with Crippen LogP contribution >= 0.6 is 22.6 Å². The van der Waals surface area contributed by atoms with E-state index >= 15 is 0 Å². The number of hydrogen-bond donors (Lipinski definition) is 2. The Morgan fingerprint density at radius 3 is 2.82 bits per heavy atom. The molecule has 0 unspecified atom stereocenters. The van der Waals surface area contributed by atoms with Crippen LogP contribution in [0.4, 0.5) is 5.69 Å². The van der Waals surface area contributed by atoms with Crippen LogP contribution < -0.4 is 16.0 Å². The monoisotopic (exact) mass is 264 g/mol. The maximum Gasteiger partial charge on any atom is 0.143 e. The molecule has 0 bridgehead atoms. The van der Waals surface area contributed by atoms with Crippen LogP contribution in [0, 0.1) is 3.57 Å². The molecule has 0 amide bonds. The van der Waals surface area contributed by atoms with Crippen molar-refractivity contribution in [2.75, 3.05) is 12.5 Å². The summed E-state index contributed by atoms with van der Waals surface area (Å²) in [6.45, 7) is 0. The van der Waals surface area contributed by atoms with Gasteiger partial charge in [0.2, 0.25) is 0 Å². The second-order valence-corrected chi connectivity index (χ2v) is 3.23. The van der Waals surface area contributed by atoms with E-state index in [0.717, 1.165) is 15.0 Å². The third-order valence-electron chi connectivity index (χ3n) is 1.32. The number of methoxy groups -OCH3 is 1. The molecule has 0 aliphatic carbocycles. The summed E-state index contributed by atoms with van der Waals surface area (Å²) in [6, 6.07) is 5.75. The van der Waals surface area contributed by atoms with E-state index in [-0.39, 0.29) is 0 Å². The van der Waals surface area contributed by atoms with E-state index in [1.54, 1.807) is 7.11 Å². The van der Waals surface area contributed by atoms with Gasteiger partial charge in [0.25, 0.3) is 0 Å². The number of halogens is 1. The fourth-order valence-corrected chi connectivity index (χ4v) is 1.28. The molecule has 0 fully saturated rings. The highest BCUT2D eigenvalue weighted by Gasteiger charge is 1.99. The van der Waals surface area contributed by atoms with Gasteiger partial charge in [0, 0.05) is 3.57 Å². The van der Waals surface area contributed by atoms with Gasteiger partial charge < -0.3 is 10.2 Å². The summed E-state index contributed by atoms with van der Waals surface area (Å²) >= 11 is 2.21. The predicted octanol–water partition coefficient (Wildman–Crippen LogP) is 1.59. The fourth-order valence-electron chi connectivity index (χ4n) is 0.793. The molecule has 0 saturated heterocycles. The van der Waals surface area contributed by atoms with Gasteiger partial charge in [0.05, 0.1) is 12.8 Å². The molecule has 1 aromatic carbocycles. The zero-order chi connectivity index (χ0) is 8.27. The lowest BCUT2D eigenvalue weighted by Crippen LogP contribution is -2.08. The first-order valence-corrected chi connectivity index (χ1v) is 4.16. The molecule has 3 N–H and O–H groups in total. The van der Waals surface area contributed by atoms with E-state index in [2.05, 4.69) is 28.0 Å². The molecule has 0 saturated carbocycles. The summed E-state index contributed by atoms with van der Waals surface area (Å²) in [5, 5.41) is 0. The molecule has 1 rings (SSSR count). The molecular formula is C7H9IN2O. The van der Waals surface area contributed by atoms with E-state index in [9.17, 15) is 0 Å². The van der Waals surface area contributed by atoms with E-state index < -0.39 is 0 Å². The van der Waals surface area contributed by atoms with Gasteiger partial charge in [-0.25, -0.2) is 0 Å².